The van der Waals surface area contributed by atoms with Crippen molar-refractivity contribution < 1.29 is 13.2 Å². The zero-order valence-corrected chi connectivity index (χ0v) is 13.3. The molecule has 6 heteroatoms. The predicted molar refractivity (Wildman–Crippen MR) is 81.6 cm³/mol. The quantitative estimate of drug-likeness (QED) is 0.907. The summed E-state index contributed by atoms with van der Waals surface area (Å²) < 4.78 is 25.2. The molecule has 0 saturated carbocycles. The third kappa shape index (κ3) is 3.44. The highest BCUT2D eigenvalue weighted by atomic mass is 32.2. The first-order valence-electron chi connectivity index (χ1n) is 7.17. The van der Waals surface area contributed by atoms with Gasteiger partial charge in [-0.15, -0.1) is 0 Å². The van der Waals surface area contributed by atoms with E-state index in [9.17, 15) is 13.2 Å². The van der Waals surface area contributed by atoms with E-state index in [1.165, 1.54) is 0 Å². The van der Waals surface area contributed by atoms with E-state index in [0.717, 1.165) is 5.56 Å². The largest absolute Gasteiger partial charge is 0.341 e. The molecular formula is C15H22N2O3S. The number of nitrogens with zero attached hydrogens (tertiary/aromatic N) is 1. The highest BCUT2D eigenvalue weighted by Crippen LogP contribution is 2.25. The Morgan fingerprint density at radius 3 is 2.24 bits per heavy atom. The standard InChI is InChI=1S/C15H22N2O3S/c1-11-3-5-13(6-4-11)21(19,20)14-7-9-17(10-8-14)15(18)12(2)16/h3-6,12,14H,7-10,16H2,1-2H3/t12-/m0/s1. The number of hydrogen-bond donors (Lipinski definition) is 1. The number of rotatable bonds is 3. The van der Waals surface area contributed by atoms with Crippen LogP contribution in [0.15, 0.2) is 29.2 Å². The van der Waals surface area contributed by atoms with Gasteiger partial charge in [0.05, 0.1) is 16.2 Å². The number of piperidine rings is 1. The number of benzene rings is 1. The molecule has 1 amide bonds. The number of nitrogens with two attached hydrogens (primary N) is 1. The minimum atomic E-state index is -3.32. The molecule has 116 valence electrons. The van der Waals surface area contributed by atoms with Crippen LogP contribution in [0.3, 0.4) is 0 Å². The molecule has 0 bridgehead atoms. The van der Waals surface area contributed by atoms with Crippen molar-refractivity contribution in [3.05, 3.63) is 29.8 Å². The summed E-state index contributed by atoms with van der Waals surface area (Å²) in [7, 11) is -3.32. The summed E-state index contributed by atoms with van der Waals surface area (Å²) in [6.07, 6.45) is 0.934. The van der Waals surface area contributed by atoms with Gasteiger partial charge in [0.25, 0.3) is 0 Å². The third-order valence-corrected chi connectivity index (χ3v) is 6.21. The van der Waals surface area contributed by atoms with Crippen molar-refractivity contribution in [2.45, 2.75) is 42.9 Å². The molecule has 1 aromatic carbocycles. The molecule has 0 unspecified atom stereocenters. The summed E-state index contributed by atoms with van der Waals surface area (Å²) in [4.78, 5) is 13.8. The Hall–Kier alpha value is -1.40. The Balaban J connectivity index is 2.07. The fraction of sp³-hybridized carbons (Fsp3) is 0.533. The lowest BCUT2D eigenvalue weighted by Gasteiger charge is -2.32. The summed E-state index contributed by atoms with van der Waals surface area (Å²) in [5.74, 6) is -0.110. The van der Waals surface area contributed by atoms with Crippen LogP contribution < -0.4 is 5.73 Å². The van der Waals surface area contributed by atoms with Gasteiger partial charge in [0.1, 0.15) is 0 Å². The van der Waals surface area contributed by atoms with E-state index < -0.39 is 21.1 Å². The Morgan fingerprint density at radius 1 is 1.24 bits per heavy atom. The van der Waals surface area contributed by atoms with Crippen LogP contribution in [0.5, 0.6) is 0 Å². The zero-order valence-electron chi connectivity index (χ0n) is 12.5. The van der Waals surface area contributed by atoms with Crippen LogP contribution in [0.2, 0.25) is 0 Å². The van der Waals surface area contributed by atoms with E-state index in [4.69, 9.17) is 5.73 Å². The van der Waals surface area contributed by atoms with Gasteiger partial charge in [-0.1, -0.05) is 17.7 Å². The molecule has 1 fully saturated rings. The Morgan fingerprint density at radius 2 is 1.76 bits per heavy atom. The van der Waals surface area contributed by atoms with Gasteiger partial charge >= 0.3 is 0 Å². The first kappa shape index (κ1) is 16.0. The minimum absolute atomic E-state index is 0.110. The van der Waals surface area contributed by atoms with Crippen molar-refractivity contribution >= 4 is 15.7 Å². The maximum atomic E-state index is 12.6. The second-order valence-electron chi connectivity index (χ2n) is 5.67. The van der Waals surface area contributed by atoms with Crippen LogP contribution in [0.4, 0.5) is 0 Å². The molecular weight excluding hydrogens is 288 g/mol. The van der Waals surface area contributed by atoms with Crippen LogP contribution in [0, 0.1) is 6.92 Å². The third-order valence-electron chi connectivity index (χ3n) is 3.93. The maximum Gasteiger partial charge on any atom is 0.239 e. The molecule has 0 spiro atoms. The number of hydrogen-bond acceptors (Lipinski definition) is 4. The lowest BCUT2D eigenvalue weighted by atomic mass is 10.1. The van der Waals surface area contributed by atoms with Crippen LogP contribution >= 0.6 is 0 Å². The Bertz CT molecular complexity index is 600. The number of likely N-dealkylation sites (tertiary alicyclic amines) is 1. The smallest absolute Gasteiger partial charge is 0.239 e. The second kappa shape index (κ2) is 6.15. The van der Waals surface area contributed by atoms with Crippen molar-refractivity contribution in [2.24, 2.45) is 5.73 Å². The molecule has 1 saturated heterocycles. The van der Waals surface area contributed by atoms with E-state index in [0.29, 0.717) is 30.8 Å². The van der Waals surface area contributed by atoms with Crippen molar-refractivity contribution in [1.29, 1.82) is 0 Å². The van der Waals surface area contributed by atoms with E-state index in [-0.39, 0.29) is 5.91 Å². The van der Waals surface area contributed by atoms with Crippen LogP contribution in [-0.2, 0) is 14.6 Å². The van der Waals surface area contributed by atoms with Gasteiger partial charge in [-0.2, -0.15) is 0 Å². The zero-order chi connectivity index (χ0) is 15.6. The normalized spacial score (nSPS) is 18.5. The molecule has 0 aromatic heterocycles. The molecule has 2 N–H and O–H groups in total. The summed E-state index contributed by atoms with van der Waals surface area (Å²) in [6.45, 7) is 4.48. The summed E-state index contributed by atoms with van der Waals surface area (Å²) >= 11 is 0. The first-order chi connectivity index (χ1) is 9.82. The Labute approximate surface area is 126 Å². The molecule has 1 aliphatic heterocycles. The van der Waals surface area contributed by atoms with Crippen molar-refractivity contribution in [2.75, 3.05) is 13.1 Å². The molecule has 0 radical (unpaired) electrons. The summed E-state index contributed by atoms with van der Waals surface area (Å²) in [5, 5.41) is -0.419. The van der Waals surface area contributed by atoms with Crippen molar-refractivity contribution in [1.82, 2.24) is 4.90 Å². The summed E-state index contributed by atoms with van der Waals surface area (Å²) in [6, 6.07) is 6.40. The maximum absolute atomic E-state index is 12.6. The molecule has 1 aliphatic rings. The number of carbonyl (C=O) groups excluding carboxylic acids is 1. The van der Waals surface area contributed by atoms with Gasteiger partial charge in [0, 0.05) is 13.1 Å². The van der Waals surface area contributed by atoms with Gasteiger partial charge in [-0.25, -0.2) is 8.42 Å². The molecule has 21 heavy (non-hydrogen) atoms. The van der Waals surface area contributed by atoms with Gasteiger partial charge in [-0.3, -0.25) is 4.79 Å². The first-order valence-corrected chi connectivity index (χ1v) is 8.72. The second-order valence-corrected chi connectivity index (χ2v) is 7.90. The monoisotopic (exact) mass is 310 g/mol. The van der Waals surface area contributed by atoms with E-state index in [2.05, 4.69) is 0 Å². The highest BCUT2D eigenvalue weighted by Gasteiger charge is 2.33. The molecule has 1 aromatic rings. The topological polar surface area (TPSA) is 80.5 Å². The van der Waals surface area contributed by atoms with Gasteiger partial charge in [0.15, 0.2) is 9.84 Å². The lowest BCUT2D eigenvalue weighted by Crippen LogP contribution is -2.48. The molecule has 1 heterocycles. The molecule has 0 aliphatic carbocycles. The molecule has 5 nitrogen and oxygen atoms in total. The highest BCUT2D eigenvalue weighted by molar-refractivity contribution is 7.92. The van der Waals surface area contributed by atoms with Gasteiger partial charge in [0.2, 0.25) is 5.91 Å². The van der Waals surface area contributed by atoms with Crippen LogP contribution in [0.1, 0.15) is 25.3 Å². The van der Waals surface area contributed by atoms with Gasteiger partial charge < -0.3 is 10.6 Å². The molecule has 2 rings (SSSR count). The fourth-order valence-electron chi connectivity index (χ4n) is 2.59. The molecule has 1 atom stereocenters. The number of sulfone groups is 1. The van der Waals surface area contributed by atoms with E-state index in [1.54, 1.807) is 24.0 Å². The predicted octanol–water partition coefficient (Wildman–Crippen LogP) is 1.11. The minimum Gasteiger partial charge on any atom is -0.341 e. The van der Waals surface area contributed by atoms with Crippen LogP contribution in [-0.4, -0.2) is 43.6 Å². The number of aryl methyl sites for hydroxylation is 1. The summed E-state index contributed by atoms with van der Waals surface area (Å²) in [5.41, 5.74) is 6.62. The van der Waals surface area contributed by atoms with Crippen molar-refractivity contribution in [3.8, 4) is 0 Å². The average Bonchev–Trinajstić information content (AvgIpc) is 2.47. The number of carbonyl (C=O) groups is 1. The SMILES string of the molecule is Cc1ccc(S(=O)(=O)C2CCN(C(=O)[C@H](C)N)CC2)cc1. The fourth-order valence-corrected chi connectivity index (χ4v) is 4.33. The van der Waals surface area contributed by atoms with E-state index in [1.807, 2.05) is 19.1 Å². The van der Waals surface area contributed by atoms with Gasteiger partial charge in [-0.05, 0) is 38.8 Å². The van der Waals surface area contributed by atoms with E-state index >= 15 is 0 Å². The van der Waals surface area contributed by atoms with Crippen molar-refractivity contribution in [3.63, 3.8) is 0 Å². The number of amides is 1. The Kier molecular flexibility index (Phi) is 4.68. The lowest BCUT2D eigenvalue weighted by molar-refractivity contribution is -0.133. The average molecular weight is 310 g/mol. The van der Waals surface area contributed by atoms with Crippen LogP contribution in [0.25, 0.3) is 0 Å².